The van der Waals surface area contributed by atoms with E-state index in [2.05, 4.69) is 5.32 Å². The van der Waals surface area contributed by atoms with E-state index >= 15 is 0 Å². The third-order valence-electron chi connectivity index (χ3n) is 5.67. The molecule has 168 valence electrons. The molecule has 7 heteroatoms. The molecule has 0 saturated carbocycles. The molecule has 1 heterocycles. The molecule has 0 aliphatic rings. The minimum absolute atomic E-state index is 0.164. The Balaban J connectivity index is 2.20. The minimum atomic E-state index is -0.462. The maximum absolute atomic E-state index is 13.8. The van der Waals surface area contributed by atoms with Crippen LogP contribution in [0.15, 0.2) is 59.4 Å². The zero-order chi connectivity index (χ0) is 23.1. The van der Waals surface area contributed by atoms with Gasteiger partial charge in [0.05, 0.1) is 18.3 Å². The topological polar surface area (TPSA) is 90.0 Å². The molecule has 0 bridgehead atoms. The molecule has 0 radical (unpaired) electrons. The number of hydrogen-bond donors (Lipinski definition) is 2. The highest BCUT2D eigenvalue weighted by Gasteiger charge is 2.23. The fraction of sp³-hybridized carbons (Fsp3) is 0.320. The summed E-state index contributed by atoms with van der Waals surface area (Å²) in [7, 11) is 0. The average Bonchev–Trinajstić information content (AvgIpc) is 2.81. The zero-order valence-electron chi connectivity index (χ0n) is 18.4. The molecule has 2 unspecified atom stereocenters. The van der Waals surface area contributed by atoms with Crippen molar-refractivity contribution in [1.29, 1.82) is 0 Å². The van der Waals surface area contributed by atoms with E-state index in [0.717, 1.165) is 17.5 Å². The fourth-order valence-electron chi connectivity index (χ4n) is 3.85. The van der Waals surface area contributed by atoms with Gasteiger partial charge in [-0.05, 0) is 55.5 Å². The first kappa shape index (κ1) is 23.3. The Morgan fingerprint density at radius 2 is 1.78 bits per heavy atom. The van der Waals surface area contributed by atoms with E-state index in [1.165, 1.54) is 12.1 Å². The normalized spacial score (nSPS) is 12.9. The van der Waals surface area contributed by atoms with Crippen LogP contribution in [0.5, 0.6) is 0 Å². The number of carbonyl (C=O) groups is 1. The average molecular weight is 437 g/mol. The van der Waals surface area contributed by atoms with E-state index in [1.807, 2.05) is 37.3 Å². The van der Waals surface area contributed by atoms with E-state index in [0.29, 0.717) is 36.5 Å². The van der Waals surface area contributed by atoms with Gasteiger partial charge in [0, 0.05) is 5.56 Å². The number of aryl methyl sites for hydroxylation is 1. The second-order valence-corrected chi connectivity index (χ2v) is 8.00. The number of hydrogen-bond acceptors (Lipinski definition) is 4. The highest BCUT2D eigenvalue weighted by molar-refractivity contribution is 5.46. The van der Waals surface area contributed by atoms with Crippen molar-refractivity contribution in [2.45, 2.75) is 39.3 Å². The molecule has 2 aromatic carbocycles. The van der Waals surface area contributed by atoms with E-state index in [4.69, 9.17) is 10.7 Å². The molecular weight excluding hydrogens is 407 g/mol. The zero-order valence-corrected chi connectivity index (χ0v) is 18.4. The van der Waals surface area contributed by atoms with Crippen LogP contribution in [-0.4, -0.2) is 22.5 Å². The summed E-state index contributed by atoms with van der Waals surface area (Å²) in [5.74, 6) is 0.430. The van der Waals surface area contributed by atoms with Gasteiger partial charge in [-0.2, -0.15) is 0 Å². The Morgan fingerprint density at radius 3 is 2.41 bits per heavy atom. The maximum Gasteiger partial charge on any atom is 0.257 e. The molecule has 3 aromatic rings. The number of rotatable bonds is 10. The molecule has 32 heavy (non-hydrogen) atoms. The van der Waals surface area contributed by atoms with Crippen molar-refractivity contribution in [3.8, 4) is 0 Å². The second-order valence-electron chi connectivity index (χ2n) is 8.00. The number of nitrogens with zero attached hydrogens (tertiary/aromatic N) is 2. The van der Waals surface area contributed by atoms with E-state index in [1.54, 1.807) is 23.6 Å². The highest BCUT2D eigenvalue weighted by atomic mass is 19.1. The van der Waals surface area contributed by atoms with Crippen LogP contribution in [0.4, 0.5) is 4.39 Å². The summed E-state index contributed by atoms with van der Waals surface area (Å²) in [6.07, 6.45) is 1.84. The van der Waals surface area contributed by atoms with Gasteiger partial charge >= 0.3 is 0 Å². The third-order valence-corrected chi connectivity index (χ3v) is 5.67. The summed E-state index contributed by atoms with van der Waals surface area (Å²) >= 11 is 0. The van der Waals surface area contributed by atoms with E-state index in [9.17, 15) is 14.0 Å². The summed E-state index contributed by atoms with van der Waals surface area (Å²) in [4.78, 5) is 29.4. The Labute approximate surface area is 187 Å². The smallest absolute Gasteiger partial charge is 0.257 e. The lowest BCUT2D eigenvalue weighted by Crippen LogP contribution is -2.34. The van der Waals surface area contributed by atoms with Gasteiger partial charge in [0.1, 0.15) is 11.6 Å². The van der Waals surface area contributed by atoms with Gasteiger partial charge in [-0.25, -0.2) is 9.37 Å². The van der Waals surface area contributed by atoms with Crippen LogP contribution < -0.4 is 16.6 Å². The molecule has 0 fully saturated rings. The Kier molecular flexibility index (Phi) is 7.89. The van der Waals surface area contributed by atoms with Crippen molar-refractivity contribution < 1.29 is 9.18 Å². The molecule has 3 rings (SSSR count). The monoisotopic (exact) mass is 436 g/mol. The molecule has 2 atom stereocenters. The Morgan fingerprint density at radius 1 is 1.12 bits per heavy atom. The van der Waals surface area contributed by atoms with Gasteiger partial charge in [-0.3, -0.25) is 14.2 Å². The molecular formula is C25H29FN4O2. The number of nitrogens with one attached hydrogen (secondary N) is 1. The molecule has 0 saturated heterocycles. The van der Waals surface area contributed by atoms with Gasteiger partial charge in [0.2, 0.25) is 6.41 Å². The molecule has 6 nitrogen and oxygen atoms in total. The molecule has 1 aromatic heterocycles. The van der Waals surface area contributed by atoms with Crippen LogP contribution in [0.1, 0.15) is 47.6 Å². The van der Waals surface area contributed by atoms with Crippen LogP contribution in [0.2, 0.25) is 0 Å². The molecule has 0 spiro atoms. The van der Waals surface area contributed by atoms with E-state index in [-0.39, 0.29) is 23.8 Å². The quantitative estimate of drug-likeness (QED) is 0.478. The van der Waals surface area contributed by atoms with Crippen LogP contribution >= 0.6 is 0 Å². The van der Waals surface area contributed by atoms with Crippen LogP contribution in [0.3, 0.4) is 0 Å². The molecule has 0 aliphatic carbocycles. The van der Waals surface area contributed by atoms with Gasteiger partial charge < -0.3 is 11.1 Å². The van der Waals surface area contributed by atoms with Crippen LogP contribution in [0.25, 0.3) is 0 Å². The van der Waals surface area contributed by atoms with Crippen molar-refractivity contribution in [2.24, 2.45) is 11.7 Å². The lowest BCUT2D eigenvalue weighted by atomic mass is 9.96. The van der Waals surface area contributed by atoms with Crippen molar-refractivity contribution >= 4 is 6.41 Å². The Hall–Kier alpha value is -3.32. The van der Waals surface area contributed by atoms with Gasteiger partial charge in [-0.15, -0.1) is 0 Å². The minimum Gasteiger partial charge on any atom is -0.353 e. The summed E-state index contributed by atoms with van der Waals surface area (Å²) in [5, 5.41) is 2.62. The van der Waals surface area contributed by atoms with Gasteiger partial charge in [-0.1, -0.05) is 49.4 Å². The SMILES string of the molecule is Cc1nc(CNC=O)c(CCC(C)CN)c(=O)n1C(c1ccccc1)c1ccc(F)cc1. The van der Waals surface area contributed by atoms with Gasteiger partial charge in [0.15, 0.2) is 0 Å². The summed E-state index contributed by atoms with van der Waals surface area (Å²) in [6.45, 7) is 4.52. The largest absolute Gasteiger partial charge is 0.353 e. The fourth-order valence-corrected chi connectivity index (χ4v) is 3.85. The van der Waals surface area contributed by atoms with Crippen molar-refractivity contribution in [2.75, 3.05) is 6.54 Å². The highest BCUT2D eigenvalue weighted by Crippen LogP contribution is 2.27. The first-order chi connectivity index (χ1) is 15.5. The van der Waals surface area contributed by atoms with Crippen molar-refractivity contribution in [3.63, 3.8) is 0 Å². The first-order valence-corrected chi connectivity index (χ1v) is 10.7. The molecule has 0 aliphatic heterocycles. The predicted octanol–water partition coefficient (Wildman–Crippen LogP) is 3.10. The summed E-state index contributed by atoms with van der Waals surface area (Å²) < 4.78 is 15.3. The number of halogens is 1. The standard InChI is InChI=1S/C25H29FN4O2/c1-17(14-27)8-13-22-23(15-28-16-31)29-18(2)30(25(22)32)24(19-6-4-3-5-7-19)20-9-11-21(26)12-10-20/h3-7,9-12,16-17,24H,8,13-15,27H2,1-2H3,(H,28,31). The van der Waals surface area contributed by atoms with Crippen molar-refractivity contribution in [1.82, 2.24) is 14.9 Å². The number of nitrogens with two attached hydrogens (primary N) is 1. The third kappa shape index (κ3) is 5.29. The predicted molar refractivity (Wildman–Crippen MR) is 123 cm³/mol. The number of amides is 1. The van der Waals surface area contributed by atoms with Crippen LogP contribution in [0, 0.1) is 18.7 Å². The van der Waals surface area contributed by atoms with E-state index < -0.39 is 6.04 Å². The molecule has 1 amide bonds. The summed E-state index contributed by atoms with van der Waals surface area (Å²) in [5.41, 5.74) is 8.41. The van der Waals surface area contributed by atoms with Crippen LogP contribution in [-0.2, 0) is 17.8 Å². The Bertz CT molecular complexity index is 1100. The molecule has 3 N–H and O–H groups in total. The summed E-state index contributed by atoms with van der Waals surface area (Å²) in [6, 6.07) is 15.3. The number of aromatic nitrogens is 2. The first-order valence-electron chi connectivity index (χ1n) is 10.7. The number of carbonyl (C=O) groups excluding carboxylic acids is 1. The second kappa shape index (κ2) is 10.8. The lowest BCUT2D eigenvalue weighted by Gasteiger charge is -2.25. The van der Waals surface area contributed by atoms with Gasteiger partial charge in [0.25, 0.3) is 5.56 Å². The van der Waals surface area contributed by atoms with Crippen molar-refractivity contribution in [3.05, 3.63) is 99.0 Å². The lowest BCUT2D eigenvalue weighted by molar-refractivity contribution is -0.109. The maximum atomic E-state index is 13.8. The number of benzene rings is 2.